The summed E-state index contributed by atoms with van der Waals surface area (Å²) in [5.41, 5.74) is 0.402. The van der Waals surface area contributed by atoms with Crippen LogP contribution in [0.15, 0.2) is 18.2 Å². The number of anilines is 1. The van der Waals surface area contributed by atoms with E-state index in [0.717, 1.165) is 18.9 Å². The molecule has 1 fully saturated rings. The van der Waals surface area contributed by atoms with Crippen LogP contribution in [0.5, 0.6) is 0 Å². The van der Waals surface area contributed by atoms with Crippen LogP contribution >= 0.6 is 0 Å². The van der Waals surface area contributed by atoms with Gasteiger partial charge in [-0.2, -0.15) is 0 Å². The average molecular weight is 240 g/mol. The Morgan fingerprint density at radius 2 is 1.94 bits per heavy atom. The molecule has 0 spiro atoms. The molecule has 0 saturated carbocycles. The number of rotatable bonds is 2. The molecule has 1 amide bonds. The molecule has 1 saturated heterocycles. The standard InChI is InChI=1S/C12H14F2N2O/c13-10-2-3-12(11(14)8-10)16-5-1-4-15(9-17)6-7-16/h2-3,8-9H,1,4-7H2. The third-order valence-corrected chi connectivity index (χ3v) is 2.93. The van der Waals surface area contributed by atoms with Crippen molar-refractivity contribution in [1.82, 2.24) is 4.90 Å². The molecule has 0 atom stereocenters. The van der Waals surface area contributed by atoms with E-state index in [1.165, 1.54) is 12.1 Å². The highest BCUT2D eigenvalue weighted by Crippen LogP contribution is 2.21. The maximum Gasteiger partial charge on any atom is 0.209 e. The van der Waals surface area contributed by atoms with E-state index in [1.54, 1.807) is 4.90 Å². The molecule has 0 radical (unpaired) electrons. The molecule has 1 heterocycles. The van der Waals surface area contributed by atoms with Crippen molar-refractivity contribution in [2.24, 2.45) is 0 Å². The fourth-order valence-electron chi connectivity index (χ4n) is 2.02. The minimum Gasteiger partial charge on any atom is -0.367 e. The lowest BCUT2D eigenvalue weighted by molar-refractivity contribution is -0.117. The summed E-state index contributed by atoms with van der Waals surface area (Å²) in [6.07, 6.45) is 1.60. The van der Waals surface area contributed by atoms with Gasteiger partial charge in [0.25, 0.3) is 0 Å². The van der Waals surface area contributed by atoms with Crippen molar-refractivity contribution in [3.8, 4) is 0 Å². The van der Waals surface area contributed by atoms with Gasteiger partial charge in [0, 0.05) is 32.2 Å². The van der Waals surface area contributed by atoms with E-state index in [1.807, 2.05) is 4.90 Å². The van der Waals surface area contributed by atoms with Crippen LogP contribution in [0.4, 0.5) is 14.5 Å². The van der Waals surface area contributed by atoms with Gasteiger partial charge in [-0.1, -0.05) is 0 Å². The molecule has 3 nitrogen and oxygen atoms in total. The third-order valence-electron chi connectivity index (χ3n) is 2.93. The second-order valence-electron chi connectivity index (χ2n) is 4.08. The van der Waals surface area contributed by atoms with Crippen LogP contribution in [0, 0.1) is 11.6 Å². The zero-order chi connectivity index (χ0) is 12.3. The van der Waals surface area contributed by atoms with E-state index in [2.05, 4.69) is 0 Å². The van der Waals surface area contributed by atoms with Crippen LogP contribution < -0.4 is 4.90 Å². The first-order valence-corrected chi connectivity index (χ1v) is 5.60. The van der Waals surface area contributed by atoms with E-state index >= 15 is 0 Å². The Morgan fingerprint density at radius 3 is 2.65 bits per heavy atom. The van der Waals surface area contributed by atoms with E-state index < -0.39 is 11.6 Å². The predicted octanol–water partition coefficient (Wildman–Crippen LogP) is 1.63. The lowest BCUT2D eigenvalue weighted by Gasteiger charge is -2.23. The molecule has 1 aromatic rings. The second-order valence-corrected chi connectivity index (χ2v) is 4.08. The van der Waals surface area contributed by atoms with Crippen molar-refractivity contribution in [2.75, 3.05) is 31.1 Å². The Hall–Kier alpha value is -1.65. The van der Waals surface area contributed by atoms with Crippen LogP contribution in [0.3, 0.4) is 0 Å². The molecular weight excluding hydrogens is 226 g/mol. The first-order chi connectivity index (χ1) is 8.20. The van der Waals surface area contributed by atoms with Crippen molar-refractivity contribution in [2.45, 2.75) is 6.42 Å². The maximum absolute atomic E-state index is 13.6. The van der Waals surface area contributed by atoms with Gasteiger partial charge >= 0.3 is 0 Å². The molecule has 92 valence electrons. The summed E-state index contributed by atoms with van der Waals surface area (Å²) in [6, 6.07) is 3.58. The fraction of sp³-hybridized carbons (Fsp3) is 0.417. The van der Waals surface area contributed by atoms with Gasteiger partial charge in [-0.05, 0) is 18.6 Å². The number of nitrogens with zero attached hydrogens (tertiary/aromatic N) is 2. The van der Waals surface area contributed by atoms with Gasteiger partial charge in [0.1, 0.15) is 11.6 Å². The minimum absolute atomic E-state index is 0.402. The van der Waals surface area contributed by atoms with Crippen LogP contribution in [0.1, 0.15) is 6.42 Å². The minimum atomic E-state index is -0.574. The van der Waals surface area contributed by atoms with Crippen LogP contribution in [-0.4, -0.2) is 37.5 Å². The van der Waals surface area contributed by atoms with E-state index in [9.17, 15) is 13.6 Å². The molecule has 0 N–H and O–H groups in total. The van der Waals surface area contributed by atoms with Gasteiger partial charge < -0.3 is 9.80 Å². The molecular formula is C12H14F2N2O. The molecule has 0 bridgehead atoms. The lowest BCUT2D eigenvalue weighted by Crippen LogP contribution is -2.30. The zero-order valence-corrected chi connectivity index (χ0v) is 9.40. The van der Waals surface area contributed by atoms with Crippen LogP contribution in [-0.2, 0) is 4.79 Å². The Morgan fingerprint density at radius 1 is 1.12 bits per heavy atom. The lowest BCUT2D eigenvalue weighted by atomic mass is 10.2. The van der Waals surface area contributed by atoms with E-state index in [-0.39, 0.29) is 0 Å². The Kier molecular flexibility index (Phi) is 3.56. The number of carbonyl (C=O) groups is 1. The molecule has 1 aromatic carbocycles. The smallest absolute Gasteiger partial charge is 0.209 e. The summed E-state index contributed by atoms with van der Waals surface area (Å²) in [5.74, 6) is -1.12. The summed E-state index contributed by atoms with van der Waals surface area (Å²) in [7, 11) is 0. The number of amides is 1. The molecule has 1 aliphatic heterocycles. The van der Waals surface area contributed by atoms with Gasteiger partial charge in [0.05, 0.1) is 5.69 Å². The van der Waals surface area contributed by atoms with E-state index in [0.29, 0.717) is 31.9 Å². The second kappa shape index (κ2) is 5.12. The number of hydrogen-bond acceptors (Lipinski definition) is 2. The molecule has 0 aromatic heterocycles. The monoisotopic (exact) mass is 240 g/mol. The average Bonchev–Trinajstić information content (AvgIpc) is 2.54. The number of benzene rings is 1. The van der Waals surface area contributed by atoms with Crippen LogP contribution in [0.25, 0.3) is 0 Å². The molecule has 2 rings (SSSR count). The predicted molar refractivity (Wildman–Crippen MR) is 60.8 cm³/mol. The zero-order valence-electron chi connectivity index (χ0n) is 9.40. The maximum atomic E-state index is 13.6. The van der Waals surface area contributed by atoms with Gasteiger partial charge in [0.15, 0.2) is 0 Å². The van der Waals surface area contributed by atoms with Crippen molar-refractivity contribution >= 4 is 12.1 Å². The molecule has 0 aliphatic carbocycles. The Labute approximate surface area is 98.6 Å². The van der Waals surface area contributed by atoms with Crippen molar-refractivity contribution in [1.29, 1.82) is 0 Å². The third kappa shape index (κ3) is 2.72. The molecule has 0 unspecified atom stereocenters. The van der Waals surface area contributed by atoms with Gasteiger partial charge in [-0.15, -0.1) is 0 Å². The highest BCUT2D eigenvalue weighted by molar-refractivity contribution is 5.50. The normalized spacial score (nSPS) is 16.8. The summed E-state index contributed by atoms with van der Waals surface area (Å²) in [4.78, 5) is 14.2. The first-order valence-electron chi connectivity index (χ1n) is 5.60. The Balaban J connectivity index is 2.14. The van der Waals surface area contributed by atoms with Crippen molar-refractivity contribution < 1.29 is 13.6 Å². The van der Waals surface area contributed by atoms with Crippen molar-refractivity contribution in [3.05, 3.63) is 29.8 Å². The summed E-state index contributed by atoms with van der Waals surface area (Å²) >= 11 is 0. The largest absolute Gasteiger partial charge is 0.367 e. The SMILES string of the molecule is O=CN1CCCN(c2ccc(F)cc2F)CC1. The molecule has 17 heavy (non-hydrogen) atoms. The first kappa shape index (κ1) is 11.8. The summed E-state index contributed by atoms with van der Waals surface area (Å²) < 4.78 is 26.4. The molecule has 1 aliphatic rings. The Bertz CT molecular complexity index is 411. The highest BCUT2D eigenvalue weighted by Gasteiger charge is 2.16. The van der Waals surface area contributed by atoms with Gasteiger partial charge in [-0.25, -0.2) is 8.78 Å². The topological polar surface area (TPSA) is 23.6 Å². The van der Waals surface area contributed by atoms with E-state index in [4.69, 9.17) is 0 Å². The number of carbonyl (C=O) groups excluding carboxylic acids is 1. The van der Waals surface area contributed by atoms with Crippen molar-refractivity contribution in [3.63, 3.8) is 0 Å². The van der Waals surface area contributed by atoms with Gasteiger partial charge in [0.2, 0.25) is 6.41 Å². The van der Waals surface area contributed by atoms with Crippen LogP contribution in [0.2, 0.25) is 0 Å². The fourth-order valence-corrected chi connectivity index (χ4v) is 2.02. The molecule has 5 heteroatoms. The summed E-state index contributed by atoms with van der Waals surface area (Å²) in [6.45, 7) is 2.50. The quantitative estimate of drug-likeness (QED) is 0.734. The van der Waals surface area contributed by atoms with Gasteiger partial charge in [-0.3, -0.25) is 4.79 Å². The summed E-state index contributed by atoms with van der Waals surface area (Å²) in [5, 5.41) is 0. The number of halogens is 2. The highest BCUT2D eigenvalue weighted by atomic mass is 19.1. The number of hydrogen-bond donors (Lipinski definition) is 0.